The monoisotopic (exact) mass is 360 g/mol. The van der Waals surface area contributed by atoms with E-state index in [0.29, 0.717) is 5.75 Å². The minimum Gasteiger partial charge on any atom is -0.426 e. The molecule has 0 aromatic heterocycles. The summed E-state index contributed by atoms with van der Waals surface area (Å²) in [5.74, 6) is -0.413. The quantitative estimate of drug-likeness (QED) is 0.479. The largest absolute Gasteiger partial charge is 0.426 e. The number of para-hydroxylation sites is 1. The second kappa shape index (κ2) is 7.87. The van der Waals surface area contributed by atoms with E-state index in [2.05, 4.69) is 24.3 Å². The molecule has 0 atom stereocenters. The number of esters is 2. The molecule has 0 bridgehead atoms. The van der Waals surface area contributed by atoms with Gasteiger partial charge in [0.15, 0.2) is 0 Å². The lowest BCUT2D eigenvalue weighted by Gasteiger charge is -2.11. The van der Waals surface area contributed by atoms with Crippen LogP contribution >= 0.6 is 0 Å². The van der Waals surface area contributed by atoms with Gasteiger partial charge in [-0.25, -0.2) is 4.79 Å². The van der Waals surface area contributed by atoms with E-state index >= 15 is 0 Å². The molecule has 0 aliphatic carbocycles. The van der Waals surface area contributed by atoms with Crippen LogP contribution in [0, 0.1) is 13.8 Å². The molecule has 136 valence electrons. The third-order valence-electron chi connectivity index (χ3n) is 4.12. The van der Waals surface area contributed by atoms with Gasteiger partial charge >= 0.3 is 11.9 Å². The Morgan fingerprint density at radius 2 is 1.41 bits per heavy atom. The van der Waals surface area contributed by atoms with Gasteiger partial charge in [0.1, 0.15) is 17.1 Å². The van der Waals surface area contributed by atoms with E-state index in [9.17, 15) is 9.59 Å². The molecule has 3 aromatic rings. The van der Waals surface area contributed by atoms with Gasteiger partial charge in [0, 0.05) is 6.92 Å². The van der Waals surface area contributed by atoms with Crippen LogP contribution in [0.25, 0.3) is 11.1 Å². The van der Waals surface area contributed by atoms with Gasteiger partial charge < -0.3 is 9.47 Å². The van der Waals surface area contributed by atoms with Gasteiger partial charge in [-0.1, -0.05) is 48.0 Å². The zero-order valence-electron chi connectivity index (χ0n) is 15.5. The molecule has 0 heterocycles. The van der Waals surface area contributed by atoms with E-state index in [0.717, 1.165) is 16.7 Å². The fraction of sp³-hybridized carbons (Fsp3) is 0.130. The Labute approximate surface area is 158 Å². The van der Waals surface area contributed by atoms with Crippen molar-refractivity contribution in [3.63, 3.8) is 0 Å². The molecule has 0 radical (unpaired) electrons. The third-order valence-corrected chi connectivity index (χ3v) is 4.12. The molecule has 3 aromatic carbocycles. The maximum absolute atomic E-state index is 12.5. The predicted octanol–water partition coefficient (Wildman–Crippen LogP) is 5.11. The molecule has 0 N–H and O–H groups in total. The van der Waals surface area contributed by atoms with Gasteiger partial charge in [0.05, 0.1) is 0 Å². The number of rotatable bonds is 4. The maximum Gasteiger partial charge on any atom is 0.347 e. The summed E-state index contributed by atoms with van der Waals surface area (Å²) in [6, 6.07) is 20.4. The summed E-state index contributed by atoms with van der Waals surface area (Å²) < 4.78 is 10.6. The van der Waals surface area contributed by atoms with E-state index in [-0.39, 0.29) is 11.3 Å². The molecular formula is C23H20O4. The van der Waals surface area contributed by atoms with Crippen LogP contribution in [-0.4, -0.2) is 11.9 Å². The number of hydrogen-bond acceptors (Lipinski definition) is 4. The maximum atomic E-state index is 12.5. The lowest BCUT2D eigenvalue weighted by molar-refractivity contribution is -0.131. The van der Waals surface area contributed by atoms with E-state index < -0.39 is 11.9 Å². The van der Waals surface area contributed by atoms with Crippen LogP contribution in [0.3, 0.4) is 0 Å². The highest BCUT2D eigenvalue weighted by molar-refractivity contribution is 5.95. The second-order valence-corrected chi connectivity index (χ2v) is 6.33. The van der Waals surface area contributed by atoms with Crippen LogP contribution in [-0.2, 0) is 4.79 Å². The summed E-state index contributed by atoms with van der Waals surface area (Å²) in [7, 11) is 0. The summed E-state index contributed by atoms with van der Waals surface area (Å²) in [6.07, 6.45) is 0. The number of ether oxygens (including phenoxy) is 2. The first-order chi connectivity index (χ1) is 12.9. The SMILES string of the molecule is CC(=O)Oc1ccccc1C(=O)Oc1ccc(-c2ccc(C)cc2)cc1C. The van der Waals surface area contributed by atoms with Crippen molar-refractivity contribution in [1.29, 1.82) is 0 Å². The predicted molar refractivity (Wildman–Crippen MR) is 104 cm³/mol. The number of carbonyl (C=O) groups excluding carboxylic acids is 2. The first-order valence-corrected chi connectivity index (χ1v) is 8.61. The summed E-state index contributed by atoms with van der Waals surface area (Å²) in [5.41, 5.74) is 4.39. The lowest BCUT2D eigenvalue weighted by atomic mass is 10.0. The van der Waals surface area contributed by atoms with E-state index in [1.165, 1.54) is 12.5 Å². The molecular weight excluding hydrogens is 340 g/mol. The highest BCUT2D eigenvalue weighted by atomic mass is 16.5. The number of aryl methyl sites for hydroxylation is 2. The van der Waals surface area contributed by atoms with Crippen LogP contribution in [0.2, 0.25) is 0 Å². The van der Waals surface area contributed by atoms with Crippen molar-refractivity contribution in [3.05, 3.63) is 83.4 Å². The minimum absolute atomic E-state index is 0.184. The molecule has 4 heteroatoms. The van der Waals surface area contributed by atoms with E-state index in [1.54, 1.807) is 30.3 Å². The molecule has 3 rings (SSSR count). The third kappa shape index (κ3) is 4.42. The normalized spacial score (nSPS) is 10.3. The van der Waals surface area contributed by atoms with Crippen LogP contribution in [0.5, 0.6) is 11.5 Å². The van der Waals surface area contributed by atoms with Gasteiger partial charge in [-0.05, 0) is 54.8 Å². The minimum atomic E-state index is -0.571. The number of hydrogen-bond donors (Lipinski definition) is 0. The lowest BCUT2D eigenvalue weighted by Crippen LogP contribution is -2.13. The summed E-state index contributed by atoms with van der Waals surface area (Å²) in [4.78, 5) is 23.8. The zero-order valence-corrected chi connectivity index (χ0v) is 15.5. The van der Waals surface area contributed by atoms with Crippen molar-refractivity contribution < 1.29 is 19.1 Å². The van der Waals surface area contributed by atoms with Crippen molar-refractivity contribution in [3.8, 4) is 22.6 Å². The fourth-order valence-electron chi connectivity index (χ4n) is 2.72. The van der Waals surface area contributed by atoms with Crippen LogP contribution < -0.4 is 9.47 Å². The molecule has 0 spiro atoms. The molecule has 0 unspecified atom stereocenters. The Morgan fingerprint density at radius 3 is 2.07 bits per heavy atom. The van der Waals surface area contributed by atoms with Gasteiger partial charge in [-0.2, -0.15) is 0 Å². The molecule has 0 saturated heterocycles. The van der Waals surface area contributed by atoms with Gasteiger partial charge in [-0.3, -0.25) is 4.79 Å². The Morgan fingerprint density at radius 1 is 0.741 bits per heavy atom. The van der Waals surface area contributed by atoms with Crippen LogP contribution in [0.1, 0.15) is 28.4 Å². The van der Waals surface area contributed by atoms with Crippen molar-refractivity contribution >= 4 is 11.9 Å². The summed E-state index contributed by atoms with van der Waals surface area (Å²) in [6.45, 7) is 5.22. The smallest absolute Gasteiger partial charge is 0.347 e. The highest BCUT2D eigenvalue weighted by Gasteiger charge is 2.17. The Kier molecular flexibility index (Phi) is 5.36. The van der Waals surface area contributed by atoms with E-state index in [4.69, 9.17) is 9.47 Å². The van der Waals surface area contributed by atoms with Crippen molar-refractivity contribution in [2.75, 3.05) is 0 Å². The van der Waals surface area contributed by atoms with Gasteiger partial charge in [0.25, 0.3) is 0 Å². The second-order valence-electron chi connectivity index (χ2n) is 6.33. The fourth-order valence-corrected chi connectivity index (χ4v) is 2.72. The molecule has 0 saturated carbocycles. The molecule has 0 fully saturated rings. The molecule has 27 heavy (non-hydrogen) atoms. The topological polar surface area (TPSA) is 52.6 Å². The first kappa shape index (κ1) is 18.4. The summed E-state index contributed by atoms with van der Waals surface area (Å²) in [5, 5.41) is 0. The van der Waals surface area contributed by atoms with Crippen molar-refractivity contribution in [1.82, 2.24) is 0 Å². The number of benzene rings is 3. The number of carbonyl (C=O) groups is 2. The molecule has 0 amide bonds. The Bertz CT molecular complexity index is 988. The molecule has 4 nitrogen and oxygen atoms in total. The first-order valence-electron chi connectivity index (χ1n) is 8.61. The average molecular weight is 360 g/mol. The van der Waals surface area contributed by atoms with Crippen LogP contribution in [0.4, 0.5) is 0 Å². The van der Waals surface area contributed by atoms with Gasteiger partial charge in [-0.15, -0.1) is 0 Å². The highest BCUT2D eigenvalue weighted by Crippen LogP contribution is 2.28. The van der Waals surface area contributed by atoms with Gasteiger partial charge in [0.2, 0.25) is 0 Å². The molecule has 0 aliphatic heterocycles. The average Bonchev–Trinajstić information content (AvgIpc) is 2.64. The molecule has 0 aliphatic rings. The van der Waals surface area contributed by atoms with Crippen LogP contribution in [0.15, 0.2) is 66.7 Å². The van der Waals surface area contributed by atoms with Crippen molar-refractivity contribution in [2.24, 2.45) is 0 Å². The summed E-state index contributed by atoms with van der Waals surface area (Å²) >= 11 is 0. The standard InChI is InChI=1S/C23H20O4/c1-15-8-10-18(11-9-15)19-12-13-21(16(2)14-19)27-23(25)20-6-4-5-7-22(20)26-17(3)24/h4-14H,1-3H3. The van der Waals surface area contributed by atoms with Crippen molar-refractivity contribution in [2.45, 2.75) is 20.8 Å². The van der Waals surface area contributed by atoms with E-state index in [1.807, 2.05) is 26.0 Å². The Balaban J connectivity index is 1.83. The zero-order chi connectivity index (χ0) is 19.4. The Hall–Kier alpha value is -3.40.